The fraction of sp³-hybridized carbons (Fsp3) is 0.357. The van der Waals surface area contributed by atoms with E-state index < -0.39 is 23.4 Å². The standard InChI is InChI=1S/C14H14N4O6S/c15-17-16-10-3-1-9(2-4-10)11(5-8-14(21)24-25(22)23)18-12(19)6-7-13(18)20/h1-4,11H,5-8H2,(H,22,23). The number of nitrogens with zero attached hydrogens (tertiary/aromatic N) is 4. The average molecular weight is 366 g/mol. The quantitative estimate of drug-likeness (QED) is 0.257. The minimum atomic E-state index is -2.72. The van der Waals surface area contributed by atoms with Crippen molar-refractivity contribution in [1.82, 2.24) is 4.90 Å². The summed E-state index contributed by atoms with van der Waals surface area (Å²) in [6, 6.07) is 5.50. The van der Waals surface area contributed by atoms with Crippen LogP contribution in [0.3, 0.4) is 0 Å². The fourth-order valence-electron chi connectivity index (χ4n) is 2.58. The molecule has 132 valence electrons. The van der Waals surface area contributed by atoms with Gasteiger partial charge >= 0.3 is 17.3 Å². The van der Waals surface area contributed by atoms with Crippen LogP contribution in [-0.2, 0) is 29.9 Å². The van der Waals surface area contributed by atoms with Gasteiger partial charge in [-0.15, -0.1) is 0 Å². The summed E-state index contributed by atoms with van der Waals surface area (Å²) in [5.41, 5.74) is 9.35. The molecule has 2 unspecified atom stereocenters. The minimum Gasteiger partial charge on any atom is -0.343 e. The van der Waals surface area contributed by atoms with Gasteiger partial charge in [0.05, 0.1) is 6.04 Å². The number of carbonyl (C=O) groups is 3. The zero-order valence-electron chi connectivity index (χ0n) is 12.9. The van der Waals surface area contributed by atoms with Gasteiger partial charge < -0.3 is 4.18 Å². The Bertz CT molecular complexity index is 743. The van der Waals surface area contributed by atoms with Crippen LogP contribution >= 0.6 is 0 Å². The molecule has 25 heavy (non-hydrogen) atoms. The number of hydrogen-bond acceptors (Lipinski definition) is 6. The molecule has 0 bridgehead atoms. The maximum atomic E-state index is 12.0. The molecule has 2 rings (SSSR count). The van der Waals surface area contributed by atoms with E-state index in [1.807, 2.05) is 0 Å². The van der Waals surface area contributed by atoms with Gasteiger partial charge in [-0.05, 0) is 17.5 Å². The average Bonchev–Trinajstić information content (AvgIpc) is 2.88. The lowest BCUT2D eigenvalue weighted by molar-refractivity contribution is -0.143. The van der Waals surface area contributed by atoms with E-state index in [0.29, 0.717) is 11.3 Å². The minimum absolute atomic E-state index is 0.0361. The number of hydrogen-bond donors (Lipinski definition) is 1. The Morgan fingerprint density at radius 1 is 1.32 bits per heavy atom. The van der Waals surface area contributed by atoms with Gasteiger partial charge in [0, 0.05) is 29.9 Å². The third-order valence-electron chi connectivity index (χ3n) is 3.63. The van der Waals surface area contributed by atoms with Crippen molar-refractivity contribution in [3.63, 3.8) is 0 Å². The van der Waals surface area contributed by atoms with Gasteiger partial charge in [0.15, 0.2) is 0 Å². The smallest absolute Gasteiger partial charge is 0.343 e. The van der Waals surface area contributed by atoms with Gasteiger partial charge in [0.1, 0.15) is 0 Å². The van der Waals surface area contributed by atoms with Crippen LogP contribution in [0.25, 0.3) is 10.4 Å². The van der Waals surface area contributed by atoms with E-state index in [-0.39, 0.29) is 37.5 Å². The molecule has 0 radical (unpaired) electrons. The van der Waals surface area contributed by atoms with Gasteiger partial charge in [-0.25, -0.2) is 0 Å². The summed E-state index contributed by atoms with van der Waals surface area (Å²) in [6.45, 7) is 0. The third kappa shape index (κ3) is 4.86. The molecule has 1 aliphatic heterocycles. The van der Waals surface area contributed by atoms with E-state index in [4.69, 9.17) is 10.1 Å². The molecule has 0 saturated carbocycles. The van der Waals surface area contributed by atoms with Crippen molar-refractivity contribution in [2.24, 2.45) is 5.11 Å². The Labute approximate surface area is 144 Å². The number of amides is 2. The van der Waals surface area contributed by atoms with Gasteiger partial charge in [-0.2, -0.15) is 4.21 Å². The number of azide groups is 1. The van der Waals surface area contributed by atoms with Crippen molar-refractivity contribution in [3.8, 4) is 0 Å². The molecule has 1 saturated heterocycles. The molecule has 2 amide bonds. The lowest BCUT2D eigenvalue weighted by Crippen LogP contribution is -2.34. The van der Waals surface area contributed by atoms with Crippen molar-refractivity contribution < 1.29 is 27.3 Å². The first-order valence-corrected chi connectivity index (χ1v) is 8.27. The number of rotatable bonds is 7. The number of likely N-dealkylation sites (tertiary alicyclic amines) is 1. The molecule has 1 fully saturated rings. The van der Waals surface area contributed by atoms with Crippen LogP contribution in [0, 0.1) is 0 Å². The predicted molar refractivity (Wildman–Crippen MR) is 85.2 cm³/mol. The number of benzene rings is 1. The topological polar surface area (TPSA) is 150 Å². The third-order valence-corrected chi connectivity index (χ3v) is 3.95. The van der Waals surface area contributed by atoms with Crippen molar-refractivity contribution in [1.29, 1.82) is 0 Å². The van der Waals surface area contributed by atoms with Crippen LogP contribution in [0.5, 0.6) is 0 Å². The summed E-state index contributed by atoms with van der Waals surface area (Å²) >= 11 is -2.72. The molecule has 11 heteroatoms. The number of carbonyl (C=O) groups excluding carboxylic acids is 3. The molecular weight excluding hydrogens is 352 g/mol. The van der Waals surface area contributed by atoms with Crippen LogP contribution in [0.15, 0.2) is 29.4 Å². The Morgan fingerprint density at radius 2 is 1.92 bits per heavy atom. The lowest BCUT2D eigenvalue weighted by atomic mass is 10.00. The SMILES string of the molecule is [N-]=[N+]=Nc1ccc(C(CCC(=O)OS(=O)O)N2C(=O)CCC2=O)cc1. The summed E-state index contributed by atoms with van der Waals surface area (Å²) < 4.78 is 23.2. The van der Waals surface area contributed by atoms with E-state index in [0.717, 1.165) is 4.90 Å². The summed E-state index contributed by atoms with van der Waals surface area (Å²) in [5.74, 6) is -1.63. The second kappa shape index (κ2) is 8.38. The maximum absolute atomic E-state index is 12.0. The van der Waals surface area contributed by atoms with Crippen LogP contribution in [0.4, 0.5) is 5.69 Å². The highest BCUT2D eigenvalue weighted by Gasteiger charge is 2.36. The van der Waals surface area contributed by atoms with E-state index in [1.54, 1.807) is 12.1 Å². The molecule has 0 spiro atoms. The normalized spacial score (nSPS) is 16.3. The number of imide groups is 1. The first kappa shape index (κ1) is 18.6. The van der Waals surface area contributed by atoms with Gasteiger partial charge in [-0.1, -0.05) is 29.4 Å². The fourth-order valence-corrected chi connectivity index (χ4v) is 2.82. The zero-order chi connectivity index (χ0) is 18.4. The molecule has 0 aliphatic carbocycles. The van der Waals surface area contributed by atoms with Gasteiger partial charge in [0.2, 0.25) is 11.8 Å². The summed E-state index contributed by atoms with van der Waals surface area (Å²) in [5, 5.41) is 3.44. The largest absolute Gasteiger partial charge is 0.360 e. The molecule has 10 nitrogen and oxygen atoms in total. The van der Waals surface area contributed by atoms with Crippen LogP contribution in [0.1, 0.15) is 37.3 Å². The van der Waals surface area contributed by atoms with E-state index >= 15 is 0 Å². The summed E-state index contributed by atoms with van der Waals surface area (Å²) in [6.07, 6.45) is -0.0327. The molecule has 0 aromatic heterocycles. The van der Waals surface area contributed by atoms with Crippen molar-refractivity contribution in [2.45, 2.75) is 31.7 Å². The van der Waals surface area contributed by atoms with Crippen LogP contribution < -0.4 is 0 Å². The second-order valence-corrected chi connectivity index (χ2v) is 5.77. The lowest BCUT2D eigenvalue weighted by Gasteiger charge is -2.26. The van der Waals surface area contributed by atoms with E-state index in [2.05, 4.69) is 14.2 Å². The predicted octanol–water partition coefficient (Wildman–Crippen LogP) is 2.28. The first-order chi connectivity index (χ1) is 11.9. The maximum Gasteiger partial charge on any atom is 0.360 e. The van der Waals surface area contributed by atoms with Crippen molar-refractivity contribution >= 4 is 34.8 Å². The van der Waals surface area contributed by atoms with E-state index in [9.17, 15) is 18.6 Å². The monoisotopic (exact) mass is 366 g/mol. The Balaban J connectivity index is 2.23. The molecule has 2 atom stereocenters. The van der Waals surface area contributed by atoms with Gasteiger partial charge in [-0.3, -0.25) is 23.8 Å². The highest BCUT2D eigenvalue weighted by atomic mass is 32.2. The molecule has 1 aromatic carbocycles. The summed E-state index contributed by atoms with van der Waals surface area (Å²) in [4.78, 5) is 39.3. The van der Waals surface area contributed by atoms with Gasteiger partial charge in [0.25, 0.3) is 0 Å². The highest BCUT2D eigenvalue weighted by Crippen LogP contribution is 2.32. The highest BCUT2D eigenvalue weighted by molar-refractivity contribution is 7.74. The second-order valence-electron chi connectivity index (χ2n) is 5.17. The Kier molecular flexibility index (Phi) is 6.23. The van der Waals surface area contributed by atoms with Crippen molar-refractivity contribution in [3.05, 3.63) is 40.3 Å². The first-order valence-electron chi connectivity index (χ1n) is 7.24. The van der Waals surface area contributed by atoms with Crippen LogP contribution in [0.2, 0.25) is 0 Å². The van der Waals surface area contributed by atoms with Crippen LogP contribution in [-0.4, -0.2) is 31.4 Å². The van der Waals surface area contributed by atoms with Crippen molar-refractivity contribution in [2.75, 3.05) is 0 Å². The Morgan fingerprint density at radius 3 is 2.44 bits per heavy atom. The van der Waals surface area contributed by atoms with E-state index in [1.165, 1.54) is 12.1 Å². The summed E-state index contributed by atoms with van der Waals surface area (Å²) in [7, 11) is 0. The molecule has 1 aromatic rings. The molecule has 1 N–H and O–H groups in total. The molecular formula is C14H14N4O6S. The zero-order valence-corrected chi connectivity index (χ0v) is 13.7. The Hall–Kier alpha value is -2.75. The molecule has 1 heterocycles. The molecule has 1 aliphatic rings.